The van der Waals surface area contributed by atoms with Gasteiger partial charge in [0.1, 0.15) is 11.6 Å². The maximum Gasteiger partial charge on any atom is 0.408 e. The molecule has 5 aromatic rings. The Hall–Kier alpha value is -5.18. The van der Waals surface area contributed by atoms with Crippen molar-refractivity contribution in [3.8, 4) is 28.7 Å². The molecule has 0 bridgehead atoms. The van der Waals surface area contributed by atoms with E-state index in [1.54, 1.807) is 35.9 Å². The summed E-state index contributed by atoms with van der Waals surface area (Å²) < 4.78 is 7.61. The number of oxazole rings is 1. The first kappa shape index (κ1) is 27.0. The average Bonchev–Trinajstić information content (AvgIpc) is 3.68. The lowest BCUT2D eigenvalue weighted by molar-refractivity contribution is 0.101. The number of halogens is 1. The van der Waals surface area contributed by atoms with E-state index in [0.29, 0.717) is 55.8 Å². The topological polar surface area (TPSA) is 158 Å². The number of aliphatic hydroxyl groups excluding tert-OH is 1. The first-order chi connectivity index (χ1) is 20.2. The number of nitriles is 1. The molecule has 0 radical (unpaired) electrons. The molecule has 1 aliphatic heterocycles. The highest BCUT2D eigenvalue weighted by Crippen LogP contribution is 2.39. The van der Waals surface area contributed by atoms with Crippen molar-refractivity contribution in [2.75, 3.05) is 5.32 Å². The quantitative estimate of drug-likeness (QED) is 0.246. The summed E-state index contributed by atoms with van der Waals surface area (Å²) in [6, 6.07) is 16.3. The van der Waals surface area contributed by atoms with Crippen LogP contribution in [-0.2, 0) is 26.7 Å². The Morgan fingerprint density at radius 1 is 1.12 bits per heavy atom. The second-order valence-electron chi connectivity index (χ2n) is 9.91. The van der Waals surface area contributed by atoms with Gasteiger partial charge >= 0.3 is 6.09 Å². The fourth-order valence-corrected chi connectivity index (χ4v) is 5.50. The van der Waals surface area contributed by atoms with Gasteiger partial charge in [-0.2, -0.15) is 5.26 Å². The first-order valence-electron chi connectivity index (χ1n) is 12.9. The molecular formula is C30H23ClN6O5. The van der Waals surface area contributed by atoms with E-state index in [1.807, 2.05) is 31.2 Å². The third-order valence-electron chi connectivity index (χ3n) is 7.41. The van der Waals surface area contributed by atoms with Gasteiger partial charge in [0.2, 0.25) is 5.89 Å². The summed E-state index contributed by atoms with van der Waals surface area (Å²) in [4.78, 5) is 34.7. The summed E-state index contributed by atoms with van der Waals surface area (Å²) in [7, 11) is 1.68. The van der Waals surface area contributed by atoms with Crippen molar-refractivity contribution in [1.82, 2.24) is 19.4 Å². The van der Waals surface area contributed by atoms with Gasteiger partial charge in [-0.3, -0.25) is 9.69 Å². The van der Waals surface area contributed by atoms with Crippen molar-refractivity contribution in [3.63, 3.8) is 0 Å². The van der Waals surface area contributed by atoms with E-state index in [2.05, 4.69) is 21.4 Å². The number of fused-ring (bicyclic) bond motifs is 2. The van der Waals surface area contributed by atoms with Crippen LogP contribution < -0.4 is 5.32 Å². The van der Waals surface area contributed by atoms with Gasteiger partial charge in [-0.05, 0) is 47.9 Å². The molecule has 6 rings (SSSR count). The smallest absolute Gasteiger partial charge is 0.408 e. The summed E-state index contributed by atoms with van der Waals surface area (Å²) >= 11 is 6.84. The number of aliphatic hydroxyl groups is 1. The van der Waals surface area contributed by atoms with Gasteiger partial charge in [0.05, 0.1) is 47.4 Å². The molecule has 12 heteroatoms. The number of anilines is 1. The number of nitrogens with one attached hydrogen (secondary N) is 1. The summed E-state index contributed by atoms with van der Waals surface area (Å²) in [5.41, 5.74) is 6.23. The van der Waals surface area contributed by atoms with Crippen LogP contribution in [0.3, 0.4) is 0 Å². The Labute approximate surface area is 244 Å². The van der Waals surface area contributed by atoms with Crippen molar-refractivity contribution in [2.24, 2.45) is 7.05 Å². The van der Waals surface area contributed by atoms with Crippen molar-refractivity contribution in [2.45, 2.75) is 26.6 Å². The zero-order chi connectivity index (χ0) is 29.7. The lowest BCUT2D eigenvalue weighted by Crippen LogP contribution is -2.25. The average molecular weight is 583 g/mol. The van der Waals surface area contributed by atoms with Crippen LogP contribution in [0.5, 0.6) is 0 Å². The number of imidazole rings is 1. The highest BCUT2D eigenvalue weighted by Gasteiger charge is 2.30. The maximum atomic E-state index is 13.2. The summed E-state index contributed by atoms with van der Waals surface area (Å²) in [5.74, 6) is 0.00266. The Balaban J connectivity index is 1.32. The van der Waals surface area contributed by atoms with Gasteiger partial charge in [0, 0.05) is 18.2 Å². The first-order valence-corrected chi connectivity index (χ1v) is 13.2. The molecule has 42 heavy (non-hydrogen) atoms. The van der Waals surface area contributed by atoms with Crippen LogP contribution in [0.15, 0.2) is 52.9 Å². The number of carbonyl (C=O) groups excluding carboxylic acids is 1. The number of benzene rings is 3. The predicted octanol–water partition coefficient (Wildman–Crippen LogP) is 5.47. The Kier molecular flexibility index (Phi) is 6.65. The van der Waals surface area contributed by atoms with Crippen LogP contribution in [-0.4, -0.2) is 41.6 Å². The predicted molar refractivity (Wildman–Crippen MR) is 154 cm³/mol. The highest BCUT2D eigenvalue weighted by molar-refractivity contribution is 6.36. The van der Waals surface area contributed by atoms with Gasteiger partial charge < -0.3 is 24.5 Å². The van der Waals surface area contributed by atoms with Crippen molar-refractivity contribution in [3.05, 3.63) is 87.5 Å². The number of amides is 2. The molecule has 3 N–H and O–H groups in total. The molecule has 0 atom stereocenters. The van der Waals surface area contributed by atoms with E-state index in [1.165, 1.54) is 4.90 Å². The van der Waals surface area contributed by atoms with Crippen molar-refractivity contribution >= 4 is 40.4 Å². The minimum absolute atomic E-state index is 0.123. The Morgan fingerprint density at radius 2 is 1.86 bits per heavy atom. The number of hydrogen-bond donors (Lipinski definition) is 3. The maximum absolute atomic E-state index is 13.2. The van der Waals surface area contributed by atoms with Gasteiger partial charge in [-0.25, -0.2) is 14.8 Å². The normalized spacial score (nSPS) is 12.4. The number of carboxylic acid groups (broad SMARTS) is 1. The van der Waals surface area contributed by atoms with Crippen LogP contribution in [0.1, 0.15) is 38.7 Å². The second-order valence-corrected chi connectivity index (χ2v) is 10.3. The Bertz CT molecular complexity index is 1970. The van der Waals surface area contributed by atoms with Crippen LogP contribution >= 0.6 is 11.6 Å². The molecule has 0 saturated heterocycles. The summed E-state index contributed by atoms with van der Waals surface area (Å²) in [6.07, 6.45) is -1.04. The van der Waals surface area contributed by atoms with E-state index >= 15 is 0 Å². The van der Waals surface area contributed by atoms with E-state index in [0.717, 1.165) is 11.1 Å². The Morgan fingerprint density at radius 3 is 2.57 bits per heavy atom. The molecule has 0 unspecified atom stereocenters. The molecule has 2 amide bonds. The molecular weight excluding hydrogens is 560 g/mol. The number of aromatic nitrogens is 3. The van der Waals surface area contributed by atoms with E-state index < -0.39 is 12.0 Å². The largest absolute Gasteiger partial charge is 0.465 e. The molecule has 1 aliphatic rings. The standard InChI is InChI=1S/C30H23ClN6O5/c1-15-18(5-3-6-19(15)29-35-22-10-16(14-38)9-17(11-32)26(22)42-29)20-7-4-8-21(25(20)31)34-28(39)27-33-23-12-37(30(40)41)13-24(23)36(27)2/h3-10,38H,12-14H2,1-2H3,(H,34,39)(H,40,41). The SMILES string of the molecule is Cc1c(-c2nc3cc(CO)cc(C#N)c3o2)cccc1-c1cccc(NC(=O)c2nc3c(n2C)CN(C(=O)O)C3)c1Cl. The van der Waals surface area contributed by atoms with Crippen LogP contribution in [0.25, 0.3) is 33.7 Å². The monoisotopic (exact) mass is 582 g/mol. The summed E-state index contributed by atoms with van der Waals surface area (Å²) in [6.45, 7) is 1.96. The van der Waals surface area contributed by atoms with Gasteiger partial charge in [0.15, 0.2) is 11.4 Å². The molecule has 3 aromatic carbocycles. The second kappa shape index (κ2) is 10.3. The number of nitrogens with zero attached hydrogens (tertiary/aromatic N) is 5. The third kappa shape index (κ3) is 4.43. The van der Waals surface area contributed by atoms with Crippen molar-refractivity contribution < 1.29 is 24.2 Å². The number of carbonyl (C=O) groups is 2. The van der Waals surface area contributed by atoms with Gasteiger partial charge in [0.25, 0.3) is 5.91 Å². The summed E-state index contributed by atoms with van der Waals surface area (Å²) in [5, 5.41) is 31.5. The third-order valence-corrected chi connectivity index (χ3v) is 7.81. The number of hydrogen-bond acceptors (Lipinski definition) is 7. The number of rotatable bonds is 5. The van der Waals surface area contributed by atoms with Gasteiger partial charge in [-0.15, -0.1) is 0 Å². The molecule has 0 fully saturated rings. The van der Waals surface area contributed by atoms with Crippen LogP contribution in [0.4, 0.5) is 10.5 Å². The fourth-order valence-electron chi connectivity index (χ4n) is 5.22. The molecule has 210 valence electrons. The molecule has 2 aromatic heterocycles. The lowest BCUT2D eigenvalue weighted by atomic mass is 9.96. The van der Waals surface area contributed by atoms with Gasteiger partial charge in [-0.1, -0.05) is 35.9 Å². The lowest BCUT2D eigenvalue weighted by Gasteiger charge is -2.15. The minimum Gasteiger partial charge on any atom is -0.465 e. The molecule has 0 aliphatic carbocycles. The van der Waals surface area contributed by atoms with E-state index in [4.69, 9.17) is 16.0 Å². The van der Waals surface area contributed by atoms with Crippen LogP contribution in [0, 0.1) is 18.3 Å². The molecule has 0 saturated carbocycles. The van der Waals surface area contributed by atoms with E-state index in [-0.39, 0.29) is 31.1 Å². The van der Waals surface area contributed by atoms with E-state index in [9.17, 15) is 25.1 Å². The van der Waals surface area contributed by atoms with Crippen LogP contribution in [0.2, 0.25) is 5.02 Å². The minimum atomic E-state index is -1.04. The zero-order valence-electron chi connectivity index (χ0n) is 22.5. The zero-order valence-corrected chi connectivity index (χ0v) is 23.2. The molecule has 0 spiro atoms. The fraction of sp³-hybridized carbons (Fsp3) is 0.167. The highest BCUT2D eigenvalue weighted by atomic mass is 35.5. The molecule has 3 heterocycles. The van der Waals surface area contributed by atoms with Crippen molar-refractivity contribution in [1.29, 1.82) is 5.26 Å². The molecule has 11 nitrogen and oxygen atoms in total.